The largest absolute Gasteiger partial charge is 0.338 e. The van der Waals surface area contributed by atoms with Crippen LogP contribution in [0.3, 0.4) is 0 Å². The molecule has 5 rings (SSSR count). The van der Waals surface area contributed by atoms with Gasteiger partial charge < -0.3 is 9.88 Å². The summed E-state index contributed by atoms with van der Waals surface area (Å²) in [4.78, 5) is 30.7. The van der Waals surface area contributed by atoms with Gasteiger partial charge in [-0.2, -0.15) is 5.10 Å². The number of fused-ring (bicyclic) bond motifs is 1. The number of nitrogens with one attached hydrogen (secondary N) is 1. The van der Waals surface area contributed by atoms with E-state index >= 15 is 0 Å². The number of aromatic nitrogens is 4. The number of likely N-dealkylation sites (tertiary alicyclic amines) is 1. The van der Waals surface area contributed by atoms with Gasteiger partial charge in [0.1, 0.15) is 0 Å². The van der Waals surface area contributed by atoms with Crippen molar-refractivity contribution in [3.05, 3.63) is 52.2 Å². The van der Waals surface area contributed by atoms with E-state index in [0.29, 0.717) is 25.0 Å². The summed E-state index contributed by atoms with van der Waals surface area (Å²) in [6.07, 6.45) is 6.64. The Bertz CT molecular complexity index is 1130. The zero-order chi connectivity index (χ0) is 20.8. The van der Waals surface area contributed by atoms with Crippen LogP contribution in [0.5, 0.6) is 0 Å². The summed E-state index contributed by atoms with van der Waals surface area (Å²) in [5, 5.41) is 4.59. The maximum absolute atomic E-state index is 13.3. The van der Waals surface area contributed by atoms with Gasteiger partial charge in [0.15, 0.2) is 0 Å². The Morgan fingerprint density at radius 2 is 1.93 bits per heavy atom. The normalized spacial score (nSPS) is 18.8. The fourth-order valence-electron chi connectivity index (χ4n) is 4.76. The second-order valence-corrected chi connectivity index (χ2v) is 8.76. The van der Waals surface area contributed by atoms with Gasteiger partial charge in [-0.25, -0.2) is 4.79 Å². The molecule has 1 aromatic carbocycles. The van der Waals surface area contributed by atoms with Gasteiger partial charge in [0.25, 0.3) is 5.91 Å². The van der Waals surface area contributed by atoms with Crippen molar-refractivity contribution in [2.45, 2.75) is 64.0 Å². The number of carbonyl (C=O) groups is 1. The lowest BCUT2D eigenvalue weighted by Crippen LogP contribution is -2.40. The van der Waals surface area contributed by atoms with Crippen LogP contribution in [0.2, 0.25) is 0 Å². The lowest BCUT2D eigenvalue weighted by molar-refractivity contribution is 0.0693. The monoisotopic (exact) mass is 407 g/mol. The highest BCUT2D eigenvalue weighted by molar-refractivity contribution is 5.95. The molecule has 30 heavy (non-hydrogen) atoms. The third kappa shape index (κ3) is 3.16. The SMILES string of the molecule is CCC(C)n1ncc(C(=O)N2CCC(n3c(=O)[nH]c4ccccc43)CC2)c1C1CC1. The molecule has 0 radical (unpaired) electrons. The van der Waals surface area contributed by atoms with Gasteiger partial charge >= 0.3 is 5.69 Å². The Hall–Kier alpha value is -2.83. The van der Waals surface area contributed by atoms with Crippen LogP contribution in [0.15, 0.2) is 35.3 Å². The molecule has 1 unspecified atom stereocenters. The number of rotatable bonds is 5. The molecule has 1 saturated heterocycles. The predicted molar refractivity (Wildman–Crippen MR) is 116 cm³/mol. The van der Waals surface area contributed by atoms with Gasteiger partial charge in [-0.3, -0.25) is 14.0 Å². The Morgan fingerprint density at radius 3 is 2.63 bits per heavy atom. The van der Waals surface area contributed by atoms with E-state index in [0.717, 1.165) is 54.4 Å². The van der Waals surface area contributed by atoms with Crippen LogP contribution >= 0.6 is 0 Å². The van der Waals surface area contributed by atoms with Crippen LogP contribution in [-0.4, -0.2) is 43.2 Å². The van der Waals surface area contributed by atoms with Crippen molar-refractivity contribution in [3.63, 3.8) is 0 Å². The fourth-order valence-corrected chi connectivity index (χ4v) is 4.76. The standard InChI is InChI=1S/C23H29N5O2/c1-3-15(2)28-21(16-8-9-16)18(14-24-28)22(29)26-12-10-17(11-13-26)27-20-7-5-4-6-19(20)25-23(27)30/h4-7,14-17H,3,8-13H2,1-2H3,(H,25,30). The molecule has 1 aliphatic carbocycles. The first-order valence-corrected chi connectivity index (χ1v) is 11.1. The molecule has 1 saturated carbocycles. The first kappa shape index (κ1) is 19.2. The number of H-pyrrole nitrogens is 1. The number of piperidine rings is 1. The van der Waals surface area contributed by atoms with Crippen LogP contribution in [0, 0.1) is 0 Å². The first-order valence-electron chi connectivity index (χ1n) is 11.1. The number of amides is 1. The Morgan fingerprint density at radius 1 is 1.20 bits per heavy atom. The smallest absolute Gasteiger partial charge is 0.326 e. The highest BCUT2D eigenvalue weighted by Crippen LogP contribution is 2.43. The highest BCUT2D eigenvalue weighted by atomic mass is 16.2. The molecule has 1 amide bonds. The summed E-state index contributed by atoms with van der Waals surface area (Å²) >= 11 is 0. The van der Waals surface area contributed by atoms with Gasteiger partial charge in [-0.05, 0) is 51.2 Å². The van der Waals surface area contributed by atoms with E-state index < -0.39 is 0 Å². The molecule has 2 fully saturated rings. The minimum absolute atomic E-state index is 0.0631. The molecule has 1 atom stereocenters. The van der Waals surface area contributed by atoms with Gasteiger partial charge in [0.2, 0.25) is 0 Å². The fraction of sp³-hybridized carbons (Fsp3) is 0.522. The van der Waals surface area contributed by atoms with E-state index in [-0.39, 0.29) is 17.6 Å². The van der Waals surface area contributed by atoms with Crippen molar-refractivity contribution in [1.82, 2.24) is 24.2 Å². The lowest BCUT2D eigenvalue weighted by Gasteiger charge is -2.32. The van der Waals surface area contributed by atoms with Crippen molar-refractivity contribution in [1.29, 1.82) is 0 Å². The predicted octanol–water partition coefficient (Wildman–Crippen LogP) is 3.85. The van der Waals surface area contributed by atoms with Crippen molar-refractivity contribution < 1.29 is 4.79 Å². The summed E-state index contributed by atoms with van der Waals surface area (Å²) in [7, 11) is 0. The minimum Gasteiger partial charge on any atom is -0.338 e. The number of hydrogen-bond donors (Lipinski definition) is 1. The number of imidazole rings is 1. The van der Waals surface area contributed by atoms with E-state index in [1.54, 1.807) is 6.20 Å². The summed E-state index contributed by atoms with van der Waals surface area (Å²) < 4.78 is 3.94. The molecule has 0 bridgehead atoms. The van der Waals surface area contributed by atoms with Crippen molar-refractivity contribution in [2.24, 2.45) is 0 Å². The van der Waals surface area contributed by atoms with E-state index in [1.165, 1.54) is 0 Å². The van der Waals surface area contributed by atoms with E-state index in [1.807, 2.05) is 33.7 Å². The molecule has 7 heteroatoms. The zero-order valence-corrected chi connectivity index (χ0v) is 17.7. The van der Waals surface area contributed by atoms with Gasteiger partial charge in [-0.1, -0.05) is 19.1 Å². The molecule has 2 aliphatic rings. The van der Waals surface area contributed by atoms with E-state index in [9.17, 15) is 9.59 Å². The average molecular weight is 408 g/mol. The summed E-state index contributed by atoms with van der Waals surface area (Å²) in [6, 6.07) is 8.22. The number of hydrogen-bond acceptors (Lipinski definition) is 3. The molecule has 3 aromatic rings. The van der Waals surface area contributed by atoms with Gasteiger partial charge in [-0.15, -0.1) is 0 Å². The van der Waals surface area contributed by atoms with E-state index in [4.69, 9.17) is 0 Å². The molecule has 0 spiro atoms. The van der Waals surface area contributed by atoms with Gasteiger partial charge in [0, 0.05) is 31.1 Å². The number of aromatic amines is 1. The van der Waals surface area contributed by atoms with Crippen molar-refractivity contribution >= 4 is 16.9 Å². The molecule has 158 valence electrons. The lowest BCUT2D eigenvalue weighted by atomic mass is 10.0. The molecule has 3 heterocycles. The Kier molecular flexibility index (Phi) is 4.76. The molecular formula is C23H29N5O2. The van der Waals surface area contributed by atoms with Crippen LogP contribution in [-0.2, 0) is 0 Å². The van der Waals surface area contributed by atoms with Crippen LogP contribution in [0.4, 0.5) is 0 Å². The summed E-state index contributed by atoms with van der Waals surface area (Å²) in [5.41, 5.74) is 3.65. The van der Waals surface area contributed by atoms with Gasteiger partial charge in [0.05, 0.1) is 28.5 Å². The topological polar surface area (TPSA) is 75.9 Å². The number of benzene rings is 1. The average Bonchev–Trinajstić information content (AvgIpc) is 3.42. The Balaban J connectivity index is 1.35. The minimum atomic E-state index is -0.0631. The maximum atomic E-state index is 13.3. The molecular weight excluding hydrogens is 378 g/mol. The quantitative estimate of drug-likeness (QED) is 0.698. The molecule has 1 N–H and O–H groups in total. The number of carbonyl (C=O) groups excluding carboxylic acids is 1. The number of para-hydroxylation sites is 2. The molecule has 2 aromatic heterocycles. The number of nitrogens with zero attached hydrogens (tertiary/aromatic N) is 4. The molecule has 7 nitrogen and oxygen atoms in total. The van der Waals surface area contributed by atoms with E-state index in [2.05, 4.69) is 28.6 Å². The second kappa shape index (κ2) is 7.45. The van der Waals surface area contributed by atoms with Crippen LogP contribution in [0.1, 0.15) is 80.0 Å². The van der Waals surface area contributed by atoms with Crippen molar-refractivity contribution in [2.75, 3.05) is 13.1 Å². The summed E-state index contributed by atoms with van der Waals surface area (Å²) in [5.74, 6) is 0.568. The second-order valence-electron chi connectivity index (χ2n) is 8.76. The van der Waals surface area contributed by atoms with Crippen molar-refractivity contribution in [3.8, 4) is 0 Å². The first-order chi connectivity index (χ1) is 14.6. The third-order valence-corrected chi connectivity index (χ3v) is 6.78. The zero-order valence-electron chi connectivity index (χ0n) is 17.7. The molecule has 1 aliphatic heterocycles. The Labute approximate surface area is 175 Å². The van der Waals surface area contributed by atoms with Crippen LogP contribution < -0.4 is 5.69 Å². The third-order valence-electron chi connectivity index (χ3n) is 6.78. The maximum Gasteiger partial charge on any atom is 0.326 e. The summed E-state index contributed by atoms with van der Waals surface area (Å²) in [6.45, 7) is 5.64. The van der Waals surface area contributed by atoms with Crippen LogP contribution in [0.25, 0.3) is 11.0 Å². The highest BCUT2D eigenvalue weighted by Gasteiger charge is 2.35.